The summed E-state index contributed by atoms with van der Waals surface area (Å²) < 4.78 is 16.8. The van der Waals surface area contributed by atoms with Crippen LogP contribution in [0.4, 0.5) is 0 Å². The van der Waals surface area contributed by atoms with Gasteiger partial charge in [0.25, 0.3) is 0 Å². The molecule has 0 amide bonds. The number of aliphatic hydroxyl groups excluding tert-OH is 4. The average molecular weight is 416 g/mol. The van der Waals surface area contributed by atoms with Gasteiger partial charge in [-0.25, -0.2) is 0 Å². The van der Waals surface area contributed by atoms with Gasteiger partial charge in [0, 0.05) is 11.6 Å². The Bertz CT molecular complexity index is 1090. The molecule has 3 aromatic rings. The van der Waals surface area contributed by atoms with Crippen molar-refractivity contribution in [2.45, 2.75) is 30.7 Å². The molecule has 9 heteroatoms. The Balaban J connectivity index is 1.70. The number of benzene rings is 2. The normalized spacial score (nSPS) is 26.6. The highest BCUT2D eigenvalue weighted by Gasteiger charge is 2.44. The minimum absolute atomic E-state index is 0.0443. The van der Waals surface area contributed by atoms with Crippen molar-refractivity contribution < 1.29 is 39.4 Å². The van der Waals surface area contributed by atoms with Crippen LogP contribution in [0.25, 0.3) is 22.3 Å². The number of rotatable bonds is 4. The van der Waals surface area contributed by atoms with Gasteiger partial charge in [-0.05, 0) is 36.4 Å². The van der Waals surface area contributed by atoms with Crippen LogP contribution >= 0.6 is 0 Å². The van der Waals surface area contributed by atoms with Crippen molar-refractivity contribution in [3.05, 3.63) is 58.8 Å². The first-order valence-electron chi connectivity index (χ1n) is 9.22. The van der Waals surface area contributed by atoms with E-state index in [9.17, 15) is 30.3 Å². The first-order valence-corrected chi connectivity index (χ1v) is 9.22. The predicted molar refractivity (Wildman–Crippen MR) is 104 cm³/mol. The molecule has 1 aromatic heterocycles. The number of phenolic OH excluding ortho intramolecular Hbond substituents is 1. The molecule has 1 saturated heterocycles. The number of aromatic hydroxyl groups is 1. The Hall–Kier alpha value is -2.95. The van der Waals surface area contributed by atoms with Crippen LogP contribution in [0, 0.1) is 0 Å². The van der Waals surface area contributed by atoms with Crippen LogP contribution in [-0.4, -0.2) is 62.8 Å². The third kappa shape index (κ3) is 3.64. The summed E-state index contributed by atoms with van der Waals surface area (Å²) in [6, 6.07) is 12.0. The van der Waals surface area contributed by atoms with Gasteiger partial charge in [-0.2, -0.15) is 0 Å². The molecule has 1 aliphatic heterocycles. The summed E-state index contributed by atoms with van der Waals surface area (Å²) in [5.41, 5.74) is 0.388. The standard InChI is InChI=1S/C21H20O9/c22-9-16-18(25)19(26)20(27)21(30-16)29-14-3-1-2-13-17(14)12(24)8-15(28-13)10-4-6-11(23)7-5-10/h1-8,16,18-23,25-27H,9H2. The number of phenols is 1. The summed E-state index contributed by atoms with van der Waals surface area (Å²) >= 11 is 0. The molecule has 1 aliphatic rings. The summed E-state index contributed by atoms with van der Waals surface area (Å²) in [7, 11) is 0. The molecule has 2 heterocycles. The molecule has 2 aromatic carbocycles. The van der Waals surface area contributed by atoms with E-state index in [1.165, 1.54) is 24.3 Å². The van der Waals surface area contributed by atoms with Crippen LogP contribution in [0.2, 0.25) is 0 Å². The van der Waals surface area contributed by atoms with E-state index in [1.807, 2.05) is 0 Å². The highest BCUT2D eigenvalue weighted by molar-refractivity contribution is 5.84. The van der Waals surface area contributed by atoms with Crippen molar-refractivity contribution in [2.24, 2.45) is 0 Å². The molecule has 0 bridgehead atoms. The van der Waals surface area contributed by atoms with Gasteiger partial charge in [0.1, 0.15) is 52.6 Å². The SMILES string of the molecule is O=c1cc(-c2ccc(O)cc2)oc2cccc(OC3OC(CO)C(O)C(O)C3O)c12. The van der Waals surface area contributed by atoms with Crippen molar-refractivity contribution >= 4 is 11.0 Å². The van der Waals surface area contributed by atoms with Crippen molar-refractivity contribution in [1.29, 1.82) is 0 Å². The number of fused-ring (bicyclic) bond motifs is 1. The molecule has 30 heavy (non-hydrogen) atoms. The van der Waals surface area contributed by atoms with Crippen molar-refractivity contribution in [3.8, 4) is 22.8 Å². The second kappa shape index (κ2) is 8.05. The van der Waals surface area contributed by atoms with Gasteiger partial charge in [-0.3, -0.25) is 4.79 Å². The summed E-state index contributed by atoms with van der Waals surface area (Å²) in [4.78, 5) is 12.8. The summed E-state index contributed by atoms with van der Waals surface area (Å²) in [5.74, 6) is 0.414. The Kier molecular flexibility index (Phi) is 5.46. The quantitative estimate of drug-likeness (QED) is 0.406. The molecule has 0 radical (unpaired) electrons. The second-order valence-corrected chi connectivity index (χ2v) is 6.97. The van der Waals surface area contributed by atoms with E-state index in [4.69, 9.17) is 13.9 Å². The van der Waals surface area contributed by atoms with E-state index in [-0.39, 0.29) is 28.2 Å². The molecular weight excluding hydrogens is 396 g/mol. The van der Waals surface area contributed by atoms with Gasteiger partial charge in [0.2, 0.25) is 6.29 Å². The molecule has 158 valence electrons. The minimum Gasteiger partial charge on any atom is -0.508 e. The maximum absolute atomic E-state index is 12.8. The largest absolute Gasteiger partial charge is 0.508 e. The minimum atomic E-state index is -1.61. The smallest absolute Gasteiger partial charge is 0.229 e. The monoisotopic (exact) mass is 416 g/mol. The highest BCUT2D eigenvalue weighted by Crippen LogP contribution is 2.30. The number of hydrogen-bond acceptors (Lipinski definition) is 9. The molecule has 5 N–H and O–H groups in total. The maximum atomic E-state index is 12.8. The molecule has 0 aliphatic carbocycles. The zero-order valence-electron chi connectivity index (χ0n) is 15.6. The van der Waals surface area contributed by atoms with Crippen molar-refractivity contribution in [2.75, 3.05) is 6.61 Å². The second-order valence-electron chi connectivity index (χ2n) is 6.97. The Morgan fingerprint density at radius 2 is 1.70 bits per heavy atom. The van der Waals surface area contributed by atoms with Crippen LogP contribution < -0.4 is 10.2 Å². The Morgan fingerprint density at radius 1 is 0.967 bits per heavy atom. The van der Waals surface area contributed by atoms with Crippen LogP contribution in [0.5, 0.6) is 11.5 Å². The molecular formula is C21H20O9. The fourth-order valence-electron chi connectivity index (χ4n) is 3.33. The van der Waals surface area contributed by atoms with E-state index < -0.39 is 42.7 Å². The fourth-order valence-corrected chi connectivity index (χ4v) is 3.33. The van der Waals surface area contributed by atoms with E-state index >= 15 is 0 Å². The zero-order chi connectivity index (χ0) is 21.4. The van der Waals surface area contributed by atoms with Gasteiger partial charge in [0.05, 0.1) is 6.61 Å². The zero-order valence-corrected chi connectivity index (χ0v) is 15.6. The van der Waals surface area contributed by atoms with Crippen LogP contribution in [-0.2, 0) is 4.74 Å². The number of ether oxygens (including phenoxy) is 2. The van der Waals surface area contributed by atoms with E-state index in [2.05, 4.69) is 0 Å². The average Bonchev–Trinajstić information content (AvgIpc) is 2.74. The molecule has 5 atom stereocenters. The third-order valence-electron chi connectivity index (χ3n) is 4.96. The van der Waals surface area contributed by atoms with E-state index in [0.717, 1.165) is 0 Å². The molecule has 5 unspecified atom stereocenters. The third-order valence-corrected chi connectivity index (χ3v) is 4.96. The van der Waals surface area contributed by atoms with Gasteiger partial charge in [-0.15, -0.1) is 0 Å². The van der Waals surface area contributed by atoms with Crippen LogP contribution in [0.1, 0.15) is 0 Å². The lowest BCUT2D eigenvalue weighted by molar-refractivity contribution is -0.277. The van der Waals surface area contributed by atoms with E-state index in [1.54, 1.807) is 24.3 Å². The first-order chi connectivity index (χ1) is 14.4. The summed E-state index contributed by atoms with van der Waals surface area (Å²) in [6.45, 7) is -0.599. The summed E-state index contributed by atoms with van der Waals surface area (Å²) in [6.07, 6.45) is -7.30. The summed E-state index contributed by atoms with van der Waals surface area (Å²) in [5, 5.41) is 48.8. The van der Waals surface area contributed by atoms with Gasteiger partial charge < -0.3 is 39.4 Å². The molecule has 9 nitrogen and oxygen atoms in total. The predicted octanol–water partition coefficient (Wildman–Crippen LogP) is 0.344. The molecule has 0 spiro atoms. The topological polar surface area (TPSA) is 150 Å². The van der Waals surface area contributed by atoms with Gasteiger partial charge in [0.15, 0.2) is 5.43 Å². The Labute approximate surface area is 170 Å². The van der Waals surface area contributed by atoms with Crippen molar-refractivity contribution in [3.63, 3.8) is 0 Å². The van der Waals surface area contributed by atoms with Gasteiger partial charge in [-0.1, -0.05) is 6.07 Å². The lowest BCUT2D eigenvalue weighted by atomic mass is 9.99. The number of hydrogen-bond donors (Lipinski definition) is 5. The lowest BCUT2D eigenvalue weighted by Crippen LogP contribution is -2.60. The number of aliphatic hydroxyl groups is 4. The van der Waals surface area contributed by atoms with Gasteiger partial charge >= 0.3 is 0 Å². The van der Waals surface area contributed by atoms with Crippen LogP contribution in [0.15, 0.2) is 57.7 Å². The van der Waals surface area contributed by atoms with Crippen molar-refractivity contribution in [1.82, 2.24) is 0 Å². The molecule has 0 saturated carbocycles. The fraction of sp³-hybridized carbons (Fsp3) is 0.286. The first kappa shape index (κ1) is 20.3. The maximum Gasteiger partial charge on any atom is 0.229 e. The van der Waals surface area contributed by atoms with Crippen LogP contribution in [0.3, 0.4) is 0 Å². The Morgan fingerprint density at radius 3 is 2.40 bits per heavy atom. The molecule has 1 fully saturated rings. The highest BCUT2D eigenvalue weighted by atomic mass is 16.7. The molecule has 4 rings (SSSR count). The van der Waals surface area contributed by atoms with E-state index in [0.29, 0.717) is 5.56 Å². The lowest BCUT2D eigenvalue weighted by Gasteiger charge is -2.39.